The molecule has 17 aliphatic rings. The second kappa shape index (κ2) is 37.8. The van der Waals surface area contributed by atoms with Gasteiger partial charge in [-0.2, -0.15) is 0 Å². The minimum absolute atomic E-state index is 0.179. The standard InChI is InChI=1S/C19H26.C16H18.C15H18.C14H20.C12H10.C12H18.C10H12.C8H10/c1-5-12-9-14(7-3)18-16(12)11-17-13(6-2)10-15(8-4)19(17)18;1-5-13(6-2)15-11-9-10-12-16(15)14(7-3)8-4;1-3-10-5-8(1)12-7-13-9-2-4-11(6-9)15(13)14(10)12;1-5-9-14-12(7-3)10-11(6-2)13(14)8-4;1-2-4-12-10-7-5-9(6-8-10)11(12)3-1;1-5-9-11(7-3)12(8-4)10-6-2;1-2-9-7-4-5-8(6-7)10(9)3-1;1-3-7-5-2-6-8(7)4-1/h5-8,12-19H,1-4,9-11H2;5-14H,1-4H2;1-4,8-15H,5-7H2;5-8,11-14H,1-4,9-10H2;1-10H;5-8,11-12H,1-4,9-10H2;1-2,4-5,7-10H,3,6H2;1-3,6-8H,4-5H2. The maximum atomic E-state index is 4.10. The highest BCUT2D eigenvalue weighted by atomic mass is 14.7. The summed E-state index contributed by atoms with van der Waals surface area (Å²) in [7, 11) is 0. The van der Waals surface area contributed by atoms with E-state index in [0.717, 1.165) is 126 Å². The van der Waals surface area contributed by atoms with Crippen LogP contribution < -0.4 is 0 Å². The van der Waals surface area contributed by atoms with E-state index in [0.29, 0.717) is 71.0 Å². The van der Waals surface area contributed by atoms with E-state index in [2.05, 4.69) is 281 Å². The van der Waals surface area contributed by atoms with Crippen LogP contribution in [0.2, 0.25) is 0 Å². The molecule has 19 rings (SSSR count). The molecule has 0 nitrogen and oxygen atoms in total. The van der Waals surface area contributed by atoms with Gasteiger partial charge in [-0.3, -0.25) is 0 Å². The molecule has 0 saturated heterocycles. The lowest BCUT2D eigenvalue weighted by Gasteiger charge is -2.29. The van der Waals surface area contributed by atoms with Crippen LogP contribution in [0.15, 0.2) is 348 Å². The Morgan fingerprint density at radius 2 is 0.698 bits per heavy atom. The number of benzene rings is 2. The van der Waals surface area contributed by atoms with Crippen molar-refractivity contribution in [2.45, 2.75) is 114 Å². The average Bonchev–Trinajstić information content (AvgIpc) is 1.55. The van der Waals surface area contributed by atoms with E-state index in [1.165, 1.54) is 86.5 Å². The summed E-state index contributed by atoms with van der Waals surface area (Å²) in [6, 6.07) is 17.0. The molecule has 0 spiro atoms. The monoisotopic (exact) mass is 1410 g/mol. The van der Waals surface area contributed by atoms with Gasteiger partial charge in [0.25, 0.3) is 0 Å². The van der Waals surface area contributed by atoms with Gasteiger partial charge < -0.3 is 0 Å². The summed E-state index contributed by atoms with van der Waals surface area (Å²) in [5, 5.41) is 0. The maximum absolute atomic E-state index is 4.10. The molecular weight excluding hydrogens is 1270 g/mol. The minimum Gasteiger partial charge on any atom is -0.103 e. The zero-order valence-corrected chi connectivity index (χ0v) is 64.8. The van der Waals surface area contributed by atoms with Crippen molar-refractivity contribution in [2.75, 3.05) is 0 Å². The van der Waals surface area contributed by atoms with Crippen molar-refractivity contribution in [3.05, 3.63) is 370 Å². The molecule has 0 heterocycles. The van der Waals surface area contributed by atoms with Gasteiger partial charge >= 0.3 is 0 Å². The molecule has 8 bridgehead atoms. The number of allylic oxidation sites excluding steroid dienone is 32. The van der Waals surface area contributed by atoms with Crippen molar-refractivity contribution in [3.63, 3.8) is 0 Å². The Kier molecular flexibility index (Phi) is 28.3. The molecule has 556 valence electrons. The summed E-state index contributed by atoms with van der Waals surface area (Å²) in [4.78, 5) is 0. The highest BCUT2D eigenvalue weighted by molar-refractivity contribution is 5.50. The quantitative estimate of drug-likeness (QED) is 0.103. The third-order valence-electron chi connectivity index (χ3n) is 29.2. The summed E-state index contributed by atoms with van der Waals surface area (Å²) in [6.07, 6.45) is 88.9. The Balaban J connectivity index is 0.000000122. The first kappa shape index (κ1) is 79.2. The van der Waals surface area contributed by atoms with Crippen molar-refractivity contribution in [2.24, 2.45) is 166 Å². The van der Waals surface area contributed by atoms with E-state index in [4.69, 9.17) is 0 Å². The van der Waals surface area contributed by atoms with Gasteiger partial charge in [-0.15, -0.1) is 105 Å². The van der Waals surface area contributed by atoms with Crippen molar-refractivity contribution in [1.82, 2.24) is 0 Å². The van der Waals surface area contributed by atoms with Crippen LogP contribution in [0.25, 0.3) is 0 Å². The first-order chi connectivity index (χ1) is 51.9. The first-order valence-corrected chi connectivity index (χ1v) is 41.4. The second-order valence-corrected chi connectivity index (χ2v) is 33.9. The molecule has 28 unspecified atom stereocenters. The zero-order valence-electron chi connectivity index (χ0n) is 64.8. The van der Waals surface area contributed by atoms with Crippen LogP contribution >= 0.6 is 0 Å². The van der Waals surface area contributed by atoms with E-state index in [1.807, 2.05) is 66.8 Å². The fourth-order valence-electron chi connectivity index (χ4n) is 24.2. The molecule has 0 radical (unpaired) electrons. The molecule has 0 amide bonds. The van der Waals surface area contributed by atoms with Gasteiger partial charge in [-0.05, 0) is 278 Å². The molecule has 0 N–H and O–H groups in total. The van der Waals surface area contributed by atoms with Gasteiger partial charge in [-0.25, -0.2) is 0 Å². The van der Waals surface area contributed by atoms with Gasteiger partial charge in [0.1, 0.15) is 0 Å². The fraction of sp³-hybridized carbons (Fsp3) is 0.434. The van der Waals surface area contributed by atoms with Crippen LogP contribution in [0, 0.1) is 166 Å². The van der Waals surface area contributed by atoms with E-state index in [9.17, 15) is 0 Å². The Morgan fingerprint density at radius 3 is 1.10 bits per heavy atom. The molecule has 17 aliphatic carbocycles. The van der Waals surface area contributed by atoms with Gasteiger partial charge in [0.2, 0.25) is 0 Å². The number of fused-ring (bicyclic) bond motifs is 20. The van der Waals surface area contributed by atoms with Crippen LogP contribution in [0.4, 0.5) is 0 Å². The molecule has 2 aromatic carbocycles. The van der Waals surface area contributed by atoms with E-state index >= 15 is 0 Å². The lowest BCUT2D eigenvalue weighted by atomic mass is 9.75. The predicted molar refractivity (Wildman–Crippen MR) is 462 cm³/mol. The third-order valence-corrected chi connectivity index (χ3v) is 29.2. The van der Waals surface area contributed by atoms with Gasteiger partial charge in [-0.1, -0.05) is 243 Å². The molecular formula is C106H132. The van der Waals surface area contributed by atoms with Crippen molar-refractivity contribution < 1.29 is 0 Å². The highest BCUT2D eigenvalue weighted by Gasteiger charge is 2.62. The molecule has 0 aliphatic heterocycles. The summed E-state index contributed by atoms with van der Waals surface area (Å²) in [5.41, 5.74) is 5.43. The maximum Gasteiger partial charge on any atom is 0.0202 e. The summed E-state index contributed by atoms with van der Waals surface area (Å²) >= 11 is 0. The number of rotatable bonds is 22. The van der Waals surface area contributed by atoms with Crippen LogP contribution in [-0.4, -0.2) is 0 Å². The second-order valence-electron chi connectivity index (χ2n) is 33.9. The lowest BCUT2D eigenvalue weighted by Crippen LogP contribution is -2.24. The minimum atomic E-state index is 0.179. The summed E-state index contributed by atoms with van der Waals surface area (Å²) < 4.78 is 0. The van der Waals surface area contributed by atoms with E-state index in [-0.39, 0.29) is 11.8 Å². The predicted octanol–water partition coefficient (Wildman–Crippen LogP) is 28.0. The van der Waals surface area contributed by atoms with Crippen molar-refractivity contribution in [3.8, 4) is 0 Å². The average molecular weight is 1410 g/mol. The highest BCUT2D eigenvalue weighted by Crippen LogP contribution is 2.68. The summed E-state index contributed by atoms with van der Waals surface area (Å²) in [6.45, 7) is 62.3. The molecule has 28 atom stereocenters. The van der Waals surface area contributed by atoms with Crippen molar-refractivity contribution >= 4 is 0 Å². The topological polar surface area (TPSA) is 0 Å². The lowest BCUT2D eigenvalue weighted by molar-refractivity contribution is 0.238. The molecule has 106 heavy (non-hydrogen) atoms. The van der Waals surface area contributed by atoms with Crippen LogP contribution in [-0.2, 0) is 0 Å². The van der Waals surface area contributed by atoms with Crippen molar-refractivity contribution in [1.29, 1.82) is 0 Å². The van der Waals surface area contributed by atoms with Gasteiger partial charge in [0, 0.05) is 23.7 Å². The van der Waals surface area contributed by atoms with E-state index in [1.54, 1.807) is 6.42 Å². The van der Waals surface area contributed by atoms with Gasteiger partial charge in [0.15, 0.2) is 0 Å². The Labute approximate surface area is 645 Å². The van der Waals surface area contributed by atoms with Crippen LogP contribution in [0.1, 0.15) is 136 Å². The largest absolute Gasteiger partial charge is 0.103 e. The molecule has 8 fully saturated rings. The first-order valence-electron chi connectivity index (χ1n) is 41.4. The third kappa shape index (κ3) is 16.7. The van der Waals surface area contributed by atoms with E-state index < -0.39 is 0 Å². The zero-order chi connectivity index (χ0) is 75.0. The Morgan fingerprint density at radius 1 is 0.302 bits per heavy atom. The van der Waals surface area contributed by atoms with Crippen LogP contribution in [0.5, 0.6) is 0 Å². The normalized spacial score (nSPS) is 38.1. The number of hydrogen-bond donors (Lipinski definition) is 0. The fourth-order valence-corrected chi connectivity index (χ4v) is 24.2. The smallest absolute Gasteiger partial charge is 0.0202 e. The van der Waals surface area contributed by atoms with Gasteiger partial charge in [0.05, 0.1) is 0 Å². The summed E-state index contributed by atoms with van der Waals surface area (Å²) in [5.74, 6) is 24.7. The number of hydrogen-bond acceptors (Lipinski definition) is 0. The molecule has 0 aromatic heterocycles. The Hall–Kier alpha value is -7.80. The Bertz CT molecular complexity index is 3510. The molecule has 8 saturated carbocycles. The molecule has 2 aromatic rings. The van der Waals surface area contributed by atoms with Crippen LogP contribution in [0.3, 0.4) is 0 Å². The SMILES string of the molecule is C1=CC2C3C=CC(C3)C2C1.C1=CC2C=CC1c1ccccc12.C1=CC2CC1C1CC3C4C=CC(C4)C3C21.C1=CC2CC=CC2C1.C=CC(C=C)c1ccccc1C(C=C)C=C.C=CC1CC(C=C)C2C1CC1C(C=C)CC(C=C)C12.C=CCC(C=C)C(C=C)CC=C.C=CCC1C(C=C)CC(C=C)C1C=C. The molecule has 0 heteroatoms.